The van der Waals surface area contributed by atoms with Crippen LogP contribution in [0.4, 0.5) is 0 Å². The van der Waals surface area contributed by atoms with Gasteiger partial charge >= 0.3 is 5.97 Å². The van der Waals surface area contributed by atoms with Crippen molar-refractivity contribution in [3.63, 3.8) is 0 Å². The fourth-order valence-corrected chi connectivity index (χ4v) is 2.66. The average molecular weight is 303 g/mol. The molecule has 1 heterocycles. The van der Waals surface area contributed by atoms with Gasteiger partial charge in [-0.3, -0.25) is 9.59 Å². The summed E-state index contributed by atoms with van der Waals surface area (Å²) in [6.07, 6.45) is 0.0699. The Morgan fingerprint density at radius 3 is 2.64 bits per heavy atom. The summed E-state index contributed by atoms with van der Waals surface area (Å²) in [7, 11) is 0. The molecule has 118 valence electrons. The first-order valence-corrected chi connectivity index (χ1v) is 7.45. The second-order valence-corrected chi connectivity index (χ2v) is 5.62. The van der Waals surface area contributed by atoms with Gasteiger partial charge in [-0.2, -0.15) is 0 Å². The van der Waals surface area contributed by atoms with Crippen LogP contribution in [0.3, 0.4) is 0 Å². The number of esters is 1. The van der Waals surface area contributed by atoms with Gasteiger partial charge in [0.1, 0.15) is 5.75 Å². The zero-order valence-corrected chi connectivity index (χ0v) is 13.1. The molecule has 1 unspecified atom stereocenters. The number of benzene rings is 1. The lowest BCUT2D eigenvalue weighted by Crippen LogP contribution is -2.23. The molecule has 0 saturated carbocycles. The minimum Gasteiger partial charge on any atom is -0.507 e. The number of H-pyrrole nitrogens is 1. The number of nitrogens with one attached hydrogen (secondary N) is 1. The van der Waals surface area contributed by atoms with Gasteiger partial charge in [0.25, 0.3) is 5.56 Å². The third-order valence-electron chi connectivity index (χ3n) is 3.80. The van der Waals surface area contributed by atoms with Crippen LogP contribution in [-0.4, -0.2) is 22.7 Å². The second kappa shape index (κ2) is 6.64. The molecule has 0 bridgehead atoms. The molecule has 0 saturated heterocycles. The first-order chi connectivity index (χ1) is 10.5. The largest absolute Gasteiger partial charge is 0.507 e. The van der Waals surface area contributed by atoms with Crippen LogP contribution in [0.1, 0.15) is 38.7 Å². The molecule has 2 rings (SSSR count). The second-order valence-electron chi connectivity index (χ2n) is 5.62. The van der Waals surface area contributed by atoms with Gasteiger partial charge in [0.15, 0.2) is 0 Å². The van der Waals surface area contributed by atoms with Crippen molar-refractivity contribution in [2.45, 2.75) is 33.1 Å². The number of fused-ring (bicyclic) bond motifs is 1. The van der Waals surface area contributed by atoms with Crippen LogP contribution >= 0.6 is 0 Å². The number of aromatic amines is 1. The summed E-state index contributed by atoms with van der Waals surface area (Å²) in [6, 6.07) is 7.05. The third kappa shape index (κ3) is 3.13. The molecule has 1 aromatic carbocycles. The Bertz CT molecular complexity index is 733. The summed E-state index contributed by atoms with van der Waals surface area (Å²) in [5.41, 5.74) is 0.466. The van der Waals surface area contributed by atoms with E-state index in [1.807, 2.05) is 13.8 Å². The Hall–Kier alpha value is -2.30. The maximum absolute atomic E-state index is 12.4. The molecule has 0 amide bonds. The lowest BCUT2D eigenvalue weighted by molar-refractivity contribution is -0.143. The molecule has 1 atom stereocenters. The fourth-order valence-electron chi connectivity index (χ4n) is 2.66. The zero-order valence-electron chi connectivity index (χ0n) is 13.1. The quantitative estimate of drug-likeness (QED) is 0.832. The lowest BCUT2D eigenvalue weighted by Gasteiger charge is -2.21. The average Bonchev–Trinajstić information content (AvgIpc) is 2.46. The van der Waals surface area contributed by atoms with Crippen LogP contribution in [0.25, 0.3) is 10.9 Å². The minimum atomic E-state index is -0.396. The topological polar surface area (TPSA) is 79.4 Å². The van der Waals surface area contributed by atoms with Gasteiger partial charge in [0, 0.05) is 11.3 Å². The van der Waals surface area contributed by atoms with E-state index in [-0.39, 0.29) is 35.2 Å². The van der Waals surface area contributed by atoms with E-state index in [0.29, 0.717) is 17.5 Å². The van der Waals surface area contributed by atoms with Crippen molar-refractivity contribution in [3.8, 4) is 5.75 Å². The Kier molecular flexibility index (Phi) is 4.85. The molecule has 1 aromatic heterocycles. The van der Waals surface area contributed by atoms with Crippen molar-refractivity contribution in [2.75, 3.05) is 6.61 Å². The number of ether oxygens (including phenoxy) is 1. The summed E-state index contributed by atoms with van der Waals surface area (Å²) in [5.74, 6) is -0.805. The molecule has 0 fully saturated rings. The van der Waals surface area contributed by atoms with E-state index in [9.17, 15) is 14.7 Å². The van der Waals surface area contributed by atoms with E-state index in [1.54, 1.807) is 31.2 Å². The molecule has 5 heteroatoms. The number of hydrogen-bond donors (Lipinski definition) is 2. The van der Waals surface area contributed by atoms with E-state index >= 15 is 0 Å². The summed E-state index contributed by atoms with van der Waals surface area (Å²) >= 11 is 0. The first kappa shape index (κ1) is 16.1. The van der Waals surface area contributed by atoms with E-state index in [1.165, 1.54) is 0 Å². The highest BCUT2D eigenvalue weighted by molar-refractivity contribution is 5.86. The standard InChI is InChI=1S/C17H21NO4/c1-4-22-14(19)9-12(10(2)3)15-16(20)11-7-5-6-8-13(11)18-17(15)21/h5-8,10,12H,4,9H2,1-3H3,(H2,18,20,21). The molecule has 0 aliphatic heterocycles. The monoisotopic (exact) mass is 303 g/mol. The zero-order chi connectivity index (χ0) is 16.3. The number of aromatic nitrogens is 1. The van der Waals surface area contributed by atoms with Gasteiger partial charge in [0.05, 0.1) is 24.1 Å². The van der Waals surface area contributed by atoms with Gasteiger partial charge in [0.2, 0.25) is 0 Å². The summed E-state index contributed by atoms with van der Waals surface area (Å²) in [5, 5.41) is 11.1. The Labute approximate surface area is 128 Å². The van der Waals surface area contributed by atoms with Crippen molar-refractivity contribution in [1.29, 1.82) is 0 Å². The van der Waals surface area contributed by atoms with Gasteiger partial charge in [-0.25, -0.2) is 0 Å². The maximum atomic E-state index is 12.4. The van der Waals surface area contributed by atoms with Crippen LogP contribution in [0.15, 0.2) is 29.1 Å². The lowest BCUT2D eigenvalue weighted by atomic mass is 9.85. The highest BCUT2D eigenvalue weighted by Gasteiger charge is 2.27. The molecule has 0 aliphatic carbocycles. The molecule has 2 N–H and O–H groups in total. The maximum Gasteiger partial charge on any atom is 0.306 e. The molecule has 2 aromatic rings. The molecule has 0 radical (unpaired) electrons. The first-order valence-electron chi connectivity index (χ1n) is 7.45. The molecular formula is C17H21NO4. The fraction of sp³-hybridized carbons (Fsp3) is 0.412. The van der Waals surface area contributed by atoms with Crippen LogP contribution in [0, 0.1) is 5.92 Å². The Morgan fingerprint density at radius 1 is 1.32 bits per heavy atom. The number of aromatic hydroxyl groups is 1. The predicted octanol–water partition coefficient (Wildman–Crippen LogP) is 2.93. The number of para-hydroxylation sites is 1. The summed E-state index contributed by atoms with van der Waals surface area (Å²) in [4.78, 5) is 26.9. The predicted molar refractivity (Wildman–Crippen MR) is 85.1 cm³/mol. The van der Waals surface area contributed by atoms with Crippen molar-refractivity contribution in [2.24, 2.45) is 5.92 Å². The van der Waals surface area contributed by atoms with Crippen LogP contribution in [0.2, 0.25) is 0 Å². The van der Waals surface area contributed by atoms with Gasteiger partial charge in [-0.1, -0.05) is 26.0 Å². The van der Waals surface area contributed by atoms with Crippen LogP contribution in [-0.2, 0) is 9.53 Å². The molecular weight excluding hydrogens is 282 g/mol. The molecule has 22 heavy (non-hydrogen) atoms. The number of carbonyl (C=O) groups is 1. The van der Waals surface area contributed by atoms with Crippen molar-refractivity contribution < 1.29 is 14.6 Å². The smallest absolute Gasteiger partial charge is 0.306 e. The van der Waals surface area contributed by atoms with E-state index in [0.717, 1.165) is 0 Å². The highest BCUT2D eigenvalue weighted by Crippen LogP contribution is 2.35. The number of rotatable bonds is 5. The van der Waals surface area contributed by atoms with Gasteiger partial charge in [-0.15, -0.1) is 0 Å². The van der Waals surface area contributed by atoms with Crippen molar-refractivity contribution >= 4 is 16.9 Å². The summed E-state index contributed by atoms with van der Waals surface area (Å²) < 4.78 is 4.98. The molecule has 0 aliphatic rings. The minimum absolute atomic E-state index is 0.0116. The van der Waals surface area contributed by atoms with Gasteiger partial charge in [-0.05, 0) is 25.0 Å². The highest BCUT2D eigenvalue weighted by atomic mass is 16.5. The Balaban J connectivity index is 2.54. The van der Waals surface area contributed by atoms with Crippen LogP contribution < -0.4 is 5.56 Å². The Morgan fingerprint density at radius 2 is 2.00 bits per heavy atom. The van der Waals surface area contributed by atoms with E-state index in [2.05, 4.69) is 4.98 Å². The number of pyridine rings is 1. The SMILES string of the molecule is CCOC(=O)CC(c1c(O)c2ccccc2[nH]c1=O)C(C)C. The molecule has 5 nitrogen and oxygen atoms in total. The van der Waals surface area contributed by atoms with E-state index < -0.39 is 5.92 Å². The van der Waals surface area contributed by atoms with E-state index in [4.69, 9.17) is 4.74 Å². The van der Waals surface area contributed by atoms with Crippen LogP contribution in [0.5, 0.6) is 5.75 Å². The summed E-state index contributed by atoms with van der Waals surface area (Å²) in [6.45, 7) is 5.86. The molecule has 0 spiro atoms. The van der Waals surface area contributed by atoms with Crippen molar-refractivity contribution in [1.82, 2.24) is 4.98 Å². The normalized spacial score (nSPS) is 12.5. The number of carbonyl (C=O) groups excluding carboxylic acids is 1. The van der Waals surface area contributed by atoms with Gasteiger partial charge < -0.3 is 14.8 Å². The third-order valence-corrected chi connectivity index (χ3v) is 3.80. The van der Waals surface area contributed by atoms with Crippen molar-refractivity contribution in [3.05, 3.63) is 40.2 Å². The number of hydrogen-bond acceptors (Lipinski definition) is 4.